The summed E-state index contributed by atoms with van der Waals surface area (Å²) in [5, 5.41) is 49.1. The molecule has 2 unspecified atom stereocenters. The highest BCUT2D eigenvalue weighted by Crippen LogP contribution is 2.47. The van der Waals surface area contributed by atoms with Crippen molar-refractivity contribution in [3.05, 3.63) is 95.1 Å². The lowest BCUT2D eigenvalue weighted by atomic mass is 9.80. The minimum atomic E-state index is -1.83. The van der Waals surface area contributed by atoms with E-state index in [2.05, 4.69) is 0 Å². The number of aliphatic hydroxyl groups is 3. The van der Waals surface area contributed by atoms with E-state index in [1.54, 1.807) is 48.5 Å². The molecule has 3 aromatic carbocycles. The predicted octanol–water partition coefficient (Wildman–Crippen LogP) is 1.13. The zero-order valence-corrected chi connectivity index (χ0v) is 18.6. The van der Waals surface area contributed by atoms with Crippen LogP contribution in [0.25, 0.3) is 0 Å². The number of benzene rings is 3. The molecule has 36 heavy (non-hydrogen) atoms. The molecule has 3 aromatic rings. The first kappa shape index (κ1) is 23.8. The molecule has 1 fully saturated rings. The zero-order chi connectivity index (χ0) is 25.6. The predicted molar refractivity (Wildman–Crippen MR) is 121 cm³/mol. The summed E-state index contributed by atoms with van der Waals surface area (Å²) in [6.45, 7) is 0. The van der Waals surface area contributed by atoms with Crippen LogP contribution < -0.4 is 4.74 Å². The van der Waals surface area contributed by atoms with Crippen LogP contribution >= 0.6 is 0 Å². The Morgan fingerprint density at radius 3 is 2.08 bits per heavy atom. The van der Waals surface area contributed by atoms with Gasteiger partial charge in [-0.1, -0.05) is 42.5 Å². The number of aliphatic hydroxyl groups excluding tert-OH is 3. The van der Waals surface area contributed by atoms with Gasteiger partial charge in [0.25, 0.3) is 0 Å². The molecule has 0 saturated carbocycles. The molecule has 6 atom stereocenters. The lowest BCUT2D eigenvalue weighted by molar-refractivity contribution is -0.271. The molecule has 0 aromatic heterocycles. The summed E-state index contributed by atoms with van der Waals surface area (Å²) in [6, 6.07) is 19.5. The number of phenols is 1. The van der Waals surface area contributed by atoms with Gasteiger partial charge >= 0.3 is 11.9 Å². The Bertz CT molecular complexity index is 1290. The number of hydrogen-bond donors (Lipinski definition) is 5. The maximum atomic E-state index is 12.8. The molecule has 1 saturated heterocycles. The van der Waals surface area contributed by atoms with E-state index in [4.69, 9.17) is 14.2 Å². The standard InChI is InChI=1S/C26H22O10/c27-15-9-5-13(6-10-15)26(18-4-2-1-3-17(18)24(33)36-26)14-7-11-16(12-8-14)34-25-21(30)19(28)20(29)22(35-25)23(31)32/h1-12,19-22,25,27-30H,(H,31,32)/t19-,20-,21+,22-,25?,26?/m0/s1. The van der Waals surface area contributed by atoms with Crippen molar-refractivity contribution in [2.24, 2.45) is 0 Å². The van der Waals surface area contributed by atoms with Crippen LogP contribution in [0.1, 0.15) is 27.0 Å². The summed E-state index contributed by atoms with van der Waals surface area (Å²) >= 11 is 0. The molecule has 10 heteroatoms. The smallest absolute Gasteiger partial charge is 0.340 e. The summed E-state index contributed by atoms with van der Waals surface area (Å²) in [4.78, 5) is 24.1. The quantitative estimate of drug-likeness (QED) is 0.325. The van der Waals surface area contributed by atoms with Crippen molar-refractivity contribution in [1.29, 1.82) is 0 Å². The molecular weight excluding hydrogens is 472 g/mol. The van der Waals surface area contributed by atoms with Crippen molar-refractivity contribution < 1.29 is 49.3 Å². The van der Waals surface area contributed by atoms with E-state index >= 15 is 0 Å². The fourth-order valence-corrected chi connectivity index (χ4v) is 4.56. The Balaban J connectivity index is 1.50. The number of aliphatic carboxylic acids is 1. The third-order valence-electron chi connectivity index (χ3n) is 6.37. The second-order valence-electron chi connectivity index (χ2n) is 8.54. The Labute approximate surface area is 204 Å². The topological polar surface area (TPSA) is 163 Å². The minimum Gasteiger partial charge on any atom is -0.508 e. The van der Waals surface area contributed by atoms with Gasteiger partial charge in [-0.05, 0) is 30.3 Å². The number of rotatable bonds is 5. The van der Waals surface area contributed by atoms with Crippen LogP contribution in [0.5, 0.6) is 11.5 Å². The highest BCUT2D eigenvalue weighted by molar-refractivity contribution is 5.96. The van der Waals surface area contributed by atoms with Crippen molar-refractivity contribution >= 4 is 11.9 Å². The number of phenolic OH excluding ortho intramolecular Hbond substituents is 1. The first-order chi connectivity index (χ1) is 17.2. The third-order valence-corrected chi connectivity index (χ3v) is 6.37. The molecule has 2 aliphatic rings. The van der Waals surface area contributed by atoms with E-state index < -0.39 is 48.2 Å². The fourth-order valence-electron chi connectivity index (χ4n) is 4.56. The first-order valence-electron chi connectivity index (χ1n) is 11.0. The molecule has 10 nitrogen and oxygen atoms in total. The van der Waals surface area contributed by atoms with E-state index in [9.17, 15) is 35.1 Å². The monoisotopic (exact) mass is 494 g/mol. The van der Waals surface area contributed by atoms with Crippen LogP contribution in [0.4, 0.5) is 0 Å². The maximum absolute atomic E-state index is 12.8. The molecule has 2 heterocycles. The van der Waals surface area contributed by atoms with Crippen LogP contribution in [-0.2, 0) is 19.9 Å². The molecule has 186 valence electrons. The number of carboxylic acids is 1. The van der Waals surface area contributed by atoms with E-state index in [1.807, 2.05) is 0 Å². The van der Waals surface area contributed by atoms with Gasteiger partial charge in [-0.2, -0.15) is 0 Å². The molecule has 5 rings (SSSR count). The lowest BCUT2D eigenvalue weighted by Gasteiger charge is -2.38. The van der Waals surface area contributed by atoms with E-state index in [0.717, 1.165) is 0 Å². The summed E-state index contributed by atoms with van der Waals surface area (Å²) in [5.41, 5.74) is 0.858. The van der Waals surface area contributed by atoms with Crippen molar-refractivity contribution in [1.82, 2.24) is 0 Å². The number of cyclic esters (lactones) is 1. The van der Waals surface area contributed by atoms with Gasteiger partial charge in [0.15, 0.2) is 11.7 Å². The summed E-state index contributed by atoms with van der Waals surface area (Å²) < 4.78 is 16.7. The number of hydrogen-bond acceptors (Lipinski definition) is 9. The molecule has 5 N–H and O–H groups in total. The maximum Gasteiger partial charge on any atom is 0.340 e. The van der Waals surface area contributed by atoms with E-state index in [-0.39, 0.29) is 11.5 Å². The SMILES string of the molecule is O=C1OC(c2ccc(O)cc2)(c2ccc(OC3O[C@H](C(=O)O)[C@@H](O)[C@H](O)[C@H]3O)cc2)c2ccccc21. The van der Waals surface area contributed by atoms with Gasteiger partial charge in [0, 0.05) is 16.7 Å². The number of carboxylic acid groups (broad SMARTS) is 1. The summed E-state index contributed by atoms with van der Waals surface area (Å²) in [6.07, 6.45) is -8.69. The Morgan fingerprint density at radius 1 is 0.833 bits per heavy atom. The van der Waals surface area contributed by atoms with E-state index in [0.29, 0.717) is 22.3 Å². The number of carbonyl (C=O) groups excluding carboxylic acids is 1. The highest BCUT2D eigenvalue weighted by atomic mass is 16.7. The van der Waals surface area contributed by atoms with E-state index in [1.165, 1.54) is 24.3 Å². The van der Waals surface area contributed by atoms with Crippen LogP contribution in [0.3, 0.4) is 0 Å². The summed E-state index contributed by atoms with van der Waals surface area (Å²) in [5.74, 6) is -1.82. The molecule has 0 radical (unpaired) electrons. The lowest BCUT2D eigenvalue weighted by Crippen LogP contribution is -2.61. The van der Waals surface area contributed by atoms with Gasteiger partial charge in [0.05, 0.1) is 5.56 Å². The van der Waals surface area contributed by atoms with Crippen molar-refractivity contribution in [3.63, 3.8) is 0 Å². The van der Waals surface area contributed by atoms with Gasteiger partial charge in [-0.15, -0.1) is 0 Å². The highest BCUT2D eigenvalue weighted by Gasteiger charge is 2.49. The summed E-state index contributed by atoms with van der Waals surface area (Å²) in [7, 11) is 0. The fraction of sp³-hybridized carbons (Fsp3) is 0.231. The van der Waals surface area contributed by atoms with Crippen LogP contribution in [0.2, 0.25) is 0 Å². The molecule has 2 aliphatic heterocycles. The number of esters is 1. The largest absolute Gasteiger partial charge is 0.508 e. The van der Waals surface area contributed by atoms with Crippen LogP contribution in [-0.4, -0.2) is 68.2 Å². The van der Waals surface area contributed by atoms with Crippen molar-refractivity contribution in [2.45, 2.75) is 36.3 Å². The van der Waals surface area contributed by atoms with Crippen molar-refractivity contribution in [2.75, 3.05) is 0 Å². The van der Waals surface area contributed by atoms with Crippen molar-refractivity contribution in [3.8, 4) is 11.5 Å². The number of fused-ring (bicyclic) bond motifs is 1. The third kappa shape index (κ3) is 3.76. The average molecular weight is 494 g/mol. The van der Waals surface area contributed by atoms with Gasteiger partial charge in [-0.25, -0.2) is 9.59 Å². The first-order valence-corrected chi connectivity index (χ1v) is 11.0. The molecule has 0 aliphatic carbocycles. The average Bonchev–Trinajstić information content (AvgIpc) is 3.18. The minimum absolute atomic E-state index is 0.0493. The van der Waals surface area contributed by atoms with Crippen LogP contribution in [0.15, 0.2) is 72.8 Å². The Kier molecular flexibility index (Phi) is 5.89. The molecular formula is C26H22O10. The Hall–Kier alpha value is -3.96. The number of aromatic hydroxyl groups is 1. The number of carbonyl (C=O) groups is 2. The normalized spacial score (nSPS) is 29.3. The zero-order valence-electron chi connectivity index (χ0n) is 18.6. The van der Waals surface area contributed by atoms with Gasteiger partial charge in [-0.3, -0.25) is 0 Å². The second-order valence-corrected chi connectivity index (χ2v) is 8.54. The van der Waals surface area contributed by atoms with Gasteiger partial charge in [0.1, 0.15) is 29.8 Å². The molecule has 0 spiro atoms. The number of ether oxygens (including phenoxy) is 3. The molecule has 0 bridgehead atoms. The van der Waals surface area contributed by atoms with Crippen LogP contribution in [0, 0.1) is 0 Å². The Morgan fingerprint density at radius 2 is 1.44 bits per heavy atom. The van der Waals surface area contributed by atoms with Gasteiger partial charge < -0.3 is 39.7 Å². The molecule has 0 amide bonds. The van der Waals surface area contributed by atoms with Gasteiger partial charge in [0.2, 0.25) is 6.29 Å². The second kappa shape index (κ2) is 8.92.